The second kappa shape index (κ2) is 3.16. The molecule has 1 rings (SSSR count). The van der Waals surface area contributed by atoms with Gasteiger partial charge < -0.3 is 5.11 Å². The highest BCUT2D eigenvalue weighted by Crippen LogP contribution is 2.22. The Morgan fingerprint density at radius 1 is 1.46 bits per heavy atom. The van der Waals surface area contributed by atoms with Crippen molar-refractivity contribution in [1.29, 1.82) is 0 Å². The molecule has 0 radical (unpaired) electrons. The van der Waals surface area contributed by atoms with Gasteiger partial charge in [0, 0.05) is 5.41 Å². The first-order valence-corrected chi connectivity index (χ1v) is 4.03. The van der Waals surface area contributed by atoms with E-state index in [9.17, 15) is 4.79 Å². The van der Waals surface area contributed by atoms with Gasteiger partial charge in [-0.2, -0.15) is 15.4 Å². The number of carbonyl (C=O) groups is 1. The zero-order valence-corrected chi connectivity index (χ0v) is 7.96. The molecule has 0 fully saturated rings. The number of nitrogens with zero attached hydrogens (tertiary/aromatic N) is 2. The number of H-pyrrole nitrogens is 1. The highest BCUT2D eigenvalue weighted by atomic mass is 16.4. The molecular weight excluding hydrogens is 170 g/mol. The Morgan fingerprint density at radius 3 is 2.54 bits per heavy atom. The summed E-state index contributed by atoms with van der Waals surface area (Å²) in [5.74, 6) is -0.889. The van der Waals surface area contributed by atoms with Gasteiger partial charge in [0.25, 0.3) is 0 Å². The highest BCUT2D eigenvalue weighted by Gasteiger charge is 2.23. The Bertz CT molecular complexity index is 311. The van der Waals surface area contributed by atoms with Crippen molar-refractivity contribution in [2.24, 2.45) is 0 Å². The van der Waals surface area contributed by atoms with Crippen LogP contribution in [0.4, 0.5) is 0 Å². The van der Waals surface area contributed by atoms with Gasteiger partial charge in [0.15, 0.2) is 0 Å². The molecule has 0 atom stereocenters. The van der Waals surface area contributed by atoms with Crippen LogP contribution in [0.3, 0.4) is 0 Å². The van der Waals surface area contributed by atoms with Crippen molar-refractivity contribution in [3.8, 4) is 0 Å². The minimum atomic E-state index is -0.889. The molecule has 13 heavy (non-hydrogen) atoms. The van der Waals surface area contributed by atoms with E-state index < -0.39 is 5.97 Å². The van der Waals surface area contributed by atoms with E-state index >= 15 is 0 Å². The van der Waals surface area contributed by atoms with Crippen molar-refractivity contribution in [3.05, 3.63) is 11.4 Å². The van der Waals surface area contributed by atoms with Crippen LogP contribution in [0, 0.1) is 0 Å². The summed E-state index contributed by atoms with van der Waals surface area (Å²) in [6.07, 6.45) is -0.0803. The summed E-state index contributed by atoms with van der Waals surface area (Å²) in [5.41, 5.74) is 1.06. The number of aromatic amines is 1. The van der Waals surface area contributed by atoms with E-state index in [1.807, 2.05) is 20.8 Å². The average Bonchev–Trinajstić information content (AvgIpc) is 2.31. The van der Waals surface area contributed by atoms with E-state index in [0.717, 1.165) is 5.69 Å². The number of hydrogen-bond acceptors (Lipinski definition) is 3. The summed E-state index contributed by atoms with van der Waals surface area (Å²) in [5, 5.41) is 18.8. The van der Waals surface area contributed by atoms with Gasteiger partial charge in [-0.25, -0.2) is 0 Å². The molecule has 1 aromatic heterocycles. The third-order valence-electron chi connectivity index (χ3n) is 1.65. The van der Waals surface area contributed by atoms with E-state index in [4.69, 9.17) is 5.11 Å². The van der Waals surface area contributed by atoms with Crippen LogP contribution in [0.1, 0.15) is 32.2 Å². The summed E-state index contributed by atoms with van der Waals surface area (Å²) in [6, 6.07) is 0. The molecule has 0 unspecified atom stereocenters. The Balaban J connectivity index is 2.96. The second-order valence-electron chi connectivity index (χ2n) is 3.94. The molecular formula is C8H13N3O2. The zero-order valence-electron chi connectivity index (χ0n) is 7.96. The number of carboxylic acid groups (broad SMARTS) is 1. The molecule has 0 spiro atoms. The van der Waals surface area contributed by atoms with Gasteiger partial charge in [-0.3, -0.25) is 4.79 Å². The molecule has 0 bridgehead atoms. The van der Waals surface area contributed by atoms with Crippen molar-refractivity contribution in [2.75, 3.05) is 0 Å². The monoisotopic (exact) mass is 183 g/mol. The lowest BCUT2D eigenvalue weighted by atomic mass is 9.90. The Hall–Kier alpha value is -1.39. The minimum absolute atomic E-state index is 0.0803. The molecule has 0 aliphatic rings. The molecule has 5 heteroatoms. The molecule has 72 valence electrons. The fourth-order valence-electron chi connectivity index (χ4n) is 1.12. The van der Waals surface area contributed by atoms with Crippen LogP contribution in [0.5, 0.6) is 0 Å². The van der Waals surface area contributed by atoms with E-state index in [1.165, 1.54) is 0 Å². The normalized spacial score (nSPS) is 11.6. The average molecular weight is 183 g/mol. The van der Waals surface area contributed by atoms with Crippen LogP contribution >= 0.6 is 0 Å². The lowest BCUT2D eigenvalue weighted by molar-refractivity contribution is -0.136. The van der Waals surface area contributed by atoms with Crippen LogP contribution in [0.2, 0.25) is 0 Å². The smallest absolute Gasteiger partial charge is 0.309 e. The number of aliphatic carboxylic acids is 1. The molecule has 0 aliphatic carbocycles. The van der Waals surface area contributed by atoms with Gasteiger partial charge in [0.2, 0.25) is 0 Å². The molecule has 1 heterocycles. The molecule has 0 saturated carbocycles. The SMILES string of the molecule is CC(C)(C)c1n[nH]nc1CC(=O)O. The van der Waals surface area contributed by atoms with Crippen molar-refractivity contribution in [2.45, 2.75) is 32.6 Å². The molecule has 0 amide bonds. The predicted molar refractivity (Wildman–Crippen MR) is 46.4 cm³/mol. The van der Waals surface area contributed by atoms with Gasteiger partial charge in [0.1, 0.15) is 0 Å². The first-order valence-electron chi connectivity index (χ1n) is 4.03. The number of hydrogen-bond donors (Lipinski definition) is 2. The Morgan fingerprint density at radius 2 is 2.08 bits per heavy atom. The van der Waals surface area contributed by atoms with Crippen molar-refractivity contribution < 1.29 is 9.90 Å². The quantitative estimate of drug-likeness (QED) is 0.708. The summed E-state index contributed by atoms with van der Waals surface area (Å²) in [6.45, 7) is 5.91. The first-order chi connectivity index (χ1) is 5.91. The summed E-state index contributed by atoms with van der Waals surface area (Å²) in [7, 11) is 0. The second-order valence-corrected chi connectivity index (χ2v) is 3.94. The fraction of sp³-hybridized carbons (Fsp3) is 0.625. The Labute approximate surface area is 76.2 Å². The number of aromatic nitrogens is 3. The molecule has 0 saturated heterocycles. The molecule has 5 nitrogen and oxygen atoms in total. The van der Waals surface area contributed by atoms with Gasteiger partial charge in [-0.05, 0) is 0 Å². The van der Waals surface area contributed by atoms with Crippen LogP contribution in [0.25, 0.3) is 0 Å². The highest BCUT2D eigenvalue weighted by molar-refractivity contribution is 5.69. The molecule has 2 N–H and O–H groups in total. The largest absolute Gasteiger partial charge is 0.481 e. The maximum Gasteiger partial charge on any atom is 0.309 e. The lowest BCUT2D eigenvalue weighted by Gasteiger charge is -2.15. The van der Waals surface area contributed by atoms with E-state index in [-0.39, 0.29) is 11.8 Å². The predicted octanol–water partition coefficient (Wildman–Crippen LogP) is 0.729. The van der Waals surface area contributed by atoms with Crippen molar-refractivity contribution in [3.63, 3.8) is 0 Å². The van der Waals surface area contributed by atoms with Gasteiger partial charge >= 0.3 is 5.97 Å². The molecule has 0 aliphatic heterocycles. The van der Waals surface area contributed by atoms with Crippen molar-refractivity contribution in [1.82, 2.24) is 15.4 Å². The van der Waals surface area contributed by atoms with E-state index in [0.29, 0.717) is 5.69 Å². The minimum Gasteiger partial charge on any atom is -0.481 e. The van der Waals surface area contributed by atoms with E-state index in [1.54, 1.807) is 0 Å². The molecule has 1 aromatic rings. The number of carboxylic acids is 1. The fourth-order valence-corrected chi connectivity index (χ4v) is 1.12. The van der Waals surface area contributed by atoms with Crippen LogP contribution in [-0.2, 0) is 16.6 Å². The first kappa shape index (κ1) is 9.70. The van der Waals surface area contributed by atoms with Crippen LogP contribution < -0.4 is 0 Å². The van der Waals surface area contributed by atoms with Crippen LogP contribution in [-0.4, -0.2) is 26.5 Å². The zero-order chi connectivity index (χ0) is 10.1. The van der Waals surface area contributed by atoms with Crippen molar-refractivity contribution >= 4 is 5.97 Å². The maximum absolute atomic E-state index is 10.5. The molecule has 0 aromatic carbocycles. The van der Waals surface area contributed by atoms with Gasteiger partial charge in [0.05, 0.1) is 17.8 Å². The number of nitrogens with one attached hydrogen (secondary N) is 1. The lowest BCUT2D eigenvalue weighted by Crippen LogP contribution is -2.16. The maximum atomic E-state index is 10.5. The summed E-state index contributed by atoms with van der Waals surface area (Å²) in [4.78, 5) is 10.5. The third-order valence-corrected chi connectivity index (χ3v) is 1.65. The van der Waals surface area contributed by atoms with Gasteiger partial charge in [-0.1, -0.05) is 20.8 Å². The topological polar surface area (TPSA) is 78.9 Å². The van der Waals surface area contributed by atoms with Gasteiger partial charge in [-0.15, -0.1) is 0 Å². The third kappa shape index (κ3) is 2.27. The number of rotatable bonds is 2. The summed E-state index contributed by atoms with van der Waals surface area (Å²) >= 11 is 0. The van der Waals surface area contributed by atoms with Crippen LogP contribution in [0.15, 0.2) is 0 Å². The summed E-state index contributed by atoms with van der Waals surface area (Å²) < 4.78 is 0. The van der Waals surface area contributed by atoms with E-state index in [2.05, 4.69) is 15.4 Å². The Kier molecular flexibility index (Phi) is 2.36. The standard InChI is InChI=1S/C8H13N3O2/c1-8(2,3)7-5(4-6(12)13)9-11-10-7/h4H2,1-3H3,(H,12,13)(H,9,10,11).